The number of aliphatic hydroxyl groups excluding tert-OH is 1. The number of aliphatic hydroxyl groups is 1. The first-order valence-corrected chi connectivity index (χ1v) is 7.41. The van der Waals surface area contributed by atoms with Crippen LogP contribution in [0.3, 0.4) is 0 Å². The lowest BCUT2D eigenvalue weighted by atomic mass is 9.94. The van der Waals surface area contributed by atoms with Gasteiger partial charge in [0.1, 0.15) is 0 Å². The van der Waals surface area contributed by atoms with Gasteiger partial charge in [-0.3, -0.25) is 0 Å². The van der Waals surface area contributed by atoms with E-state index < -0.39 is 0 Å². The van der Waals surface area contributed by atoms with Crippen LogP contribution in [0.2, 0.25) is 0 Å². The van der Waals surface area contributed by atoms with E-state index in [0.717, 1.165) is 13.0 Å². The zero-order chi connectivity index (χ0) is 13.5. The maximum absolute atomic E-state index is 9.14. The standard InChI is InChI=1S/C17H25NO/c1-2-6-16(15-7-4-3-5-8-15)12-18-17-10-9-14(11-17)13-19/h3-5,7-10,14,16-19H,2,6,11-13H2,1H3/t14-,16?,17+/m0/s1. The predicted molar refractivity (Wildman–Crippen MR) is 80.2 cm³/mol. The van der Waals surface area contributed by atoms with E-state index in [-0.39, 0.29) is 6.61 Å². The van der Waals surface area contributed by atoms with E-state index >= 15 is 0 Å². The molecule has 104 valence electrons. The third-order valence-corrected chi connectivity index (χ3v) is 3.94. The molecule has 0 fully saturated rings. The summed E-state index contributed by atoms with van der Waals surface area (Å²) in [6.07, 6.45) is 7.80. The van der Waals surface area contributed by atoms with Crippen molar-refractivity contribution in [2.45, 2.75) is 38.1 Å². The van der Waals surface area contributed by atoms with Crippen molar-refractivity contribution in [2.24, 2.45) is 5.92 Å². The van der Waals surface area contributed by atoms with E-state index in [1.807, 2.05) is 0 Å². The number of nitrogens with one attached hydrogen (secondary N) is 1. The van der Waals surface area contributed by atoms with E-state index in [2.05, 4.69) is 54.7 Å². The summed E-state index contributed by atoms with van der Waals surface area (Å²) in [4.78, 5) is 0. The fourth-order valence-corrected chi connectivity index (χ4v) is 2.82. The van der Waals surface area contributed by atoms with Crippen molar-refractivity contribution in [1.82, 2.24) is 5.32 Å². The minimum Gasteiger partial charge on any atom is -0.396 e. The molecule has 0 spiro atoms. The van der Waals surface area contributed by atoms with Gasteiger partial charge in [-0.05, 0) is 24.3 Å². The first-order valence-electron chi connectivity index (χ1n) is 7.41. The molecule has 1 aromatic rings. The van der Waals surface area contributed by atoms with Crippen LogP contribution in [0.4, 0.5) is 0 Å². The van der Waals surface area contributed by atoms with Gasteiger partial charge in [-0.15, -0.1) is 0 Å². The largest absolute Gasteiger partial charge is 0.396 e. The molecule has 0 heterocycles. The molecule has 0 saturated heterocycles. The molecule has 0 aliphatic heterocycles. The summed E-state index contributed by atoms with van der Waals surface area (Å²) in [7, 11) is 0. The van der Waals surface area contributed by atoms with Crippen molar-refractivity contribution >= 4 is 0 Å². The van der Waals surface area contributed by atoms with Gasteiger partial charge in [-0.25, -0.2) is 0 Å². The summed E-state index contributed by atoms with van der Waals surface area (Å²) in [5.74, 6) is 0.937. The maximum Gasteiger partial charge on any atom is 0.0494 e. The second kappa shape index (κ2) is 7.46. The molecule has 3 atom stereocenters. The summed E-state index contributed by atoms with van der Waals surface area (Å²) in [6.45, 7) is 3.53. The SMILES string of the molecule is CCCC(CN[C@@H]1C=C[C@H](CO)C1)c1ccccc1. The van der Waals surface area contributed by atoms with Crippen LogP contribution in [0.15, 0.2) is 42.5 Å². The van der Waals surface area contributed by atoms with Crippen LogP contribution in [-0.4, -0.2) is 24.3 Å². The maximum atomic E-state index is 9.14. The van der Waals surface area contributed by atoms with E-state index in [1.54, 1.807) is 0 Å². The average molecular weight is 259 g/mol. The molecule has 2 rings (SSSR count). The highest BCUT2D eigenvalue weighted by molar-refractivity contribution is 5.20. The fraction of sp³-hybridized carbons (Fsp3) is 0.529. The Morgan fingerprint density at radius 1 is 1.26 bits per heavy atom. The van der Waals surface area contributed by atoms with Gasteiger partial charge in [0.15, 0.2) is 0 Å². The lowest BCUT2D eigenvalue weighted by Crippen LogP contribution is -2.30. The van der Waals surface area contributed by atoms with E-state index in [1.165, 1.54) is 18.4 Å². The molecule has 2 N–H and O–H groups in total. The van der Waals surface area contributed by atoms with Crippen molar-refractivity contribution in [3.8, 4) is 0 Å². The molecule has 0 saturated carbocycles. The molecule has 0 amide bonds. The molecular weight excluding hydrogens is 234 g/mol. The third-order valence-electron chi connectivity index (χ3n) is 3.94. The molecule has 19 heavy (non-hydrogen) atoms. The molecule has 1 unspecified atom stereocenters. The lowest BCUT2D eigenvalue weighted by molar-refractivity contribution is 0.246. The van der Waals surface area contributed by atoms with E-state index in [9.17, 15) is 0 Å². The first-order chi connectivity index (χ1) is 9.33. The summed E-state index contributed by atoms with van der Waals surface area (Å²) >= 11 is 0. The molecule has 2 heteroatoms. The Morgan fingerprint density at radius 3 is 2.68 bits per heavy atom. The van der Waals surface area contributed by atoms with Crippen LogP contribution >= 0.6 is 0 Å². The van der Waals surface area contributed by atoms with E-state index in [4.69, 9.17) is 5.11 Å². The second-order valence-corrected chi connectivity index (χ2v) is 5.47. The highest BCUT2D eigenvalue weighted by atomic mass is 16.3. The molecule has 1 aromatic carbocycles. The summed E-state index contributed by atoms with van der Waals surface area (Å²) < 4.78 is 0. The monoisotopic (exact) mass is 259 g/mol. The Hall–Kier alpha value is -1.12. The third kappa shape index (κ3) is 4.19. The van der Waals surface area contributed by atoms with Gasteiger partial charge in [0.2, 0.25) is 0 Å². The Balaban J connectivity index is 1.86. The Morgan fingerprint density at radius 2 is 2.05 bits per heavy atom. The minimum atomic E-state index is 0.270. The van der Waals surface area contributed by atoms with Gasteiger partial charge in [0.25, 0.3) is 0 Å². The normalized spacial score (nSPS) is 23.7. The van der Waals surface area contributed by atoms with Gasteiger partial charge in [0, 0.05) is 25.1 Å². The zero-order valence-corrected chi connectivity index (χ0v) is 11.8. The lowest BCUT2D eigenvalue weighted by Gasteiger charge is -2.20. The topological polar surface area (TPSA) is 32.3 Å². The Kier molecular flexibility index (Phi) is 5.62. The summed E-state index contributed by atoms with van der Waals surface area (Å²) in [5.41, 5.74) is 1.43. The van der Waals surface area contributed by atoms with Crippen LogP contribution in [0.25, 0.3) is 0 Å². The van der Waals surface area contributed by atoms with Crippen LogP contribution in [0.1, 0.15) is 37.7 Å². The van der Waals surface area contributed by atoms with Crippen LogP contribution in [0.5, 0.6) is 0 Å². The predicted octanol–water partition coefficient (Wildman–Crippen LogP) is 3.10. The van der Waals surface area contributed by atoms with Crippen molar-refractivity contribution in [3.05, 3.63) is 48.0 Å². The molecule has 0 aromatic heterocycles. The fourth-order valence-electron chi connectivity index (χ4n) is 2.82. The Bertz CT molecular complexity index is 388. The van der Waals surface area contributed by atoms with Gasteiger partial charge in [-0.1, -0.05) is 55.8 Å². The minimum absolute atomic E-state index is 0.270. The molecule has 1 aliphatic carbocycles. The number of rotatable bonds is 7. The van der Waals surface area contributed by atoms with Crippen molar-refractivity contribution < 1.29 is 5.11 Å². The first kappa shape index (κ1) is 14.3. The quantitative estimate of drug-likeness (QED) is 0.738. The Labute approximate surface area is 116 Å². The number of hydrogen-bond acceptors (Lipinski definition) is 2. The van der Waals surface area contributed by atoms with Gasteiger partial charge >= 0.3 is 0 Å². The number of benzene rings is 1. The second-order valence-electron chi connectivity index (χ2n) is 5.47. The summed E-state index contributed by atoms with van der Waals surface area (Å²) in [5, 5.41) is 12.8. The molecule has 1 aliphatic rings. The average Bonchev–Trinajstić information content (AvgIpc) is 2.92. The van der Waals surface area contributed by atoms with Crippen molar-refractivity contribution in [2.75, 3.05) is 13.2 Å². The van der Waals surface area contributed by atoms with Gasteiger partial charge in [0.05, 0.1) is 0 Å². The van der Waals surface area contributed by atoms with Gasteiger partial charge < -0.3 is 10.4 Å². The molecular formula is C17H25NO. The number of hydrogen-bond donors (Lipinski definition) is 2. The van der Waals surface area contributed by atoms with Crippen LogP contribution in [0, 0.1) is 5.92 Å². The van der Waals surface area contributed by atoms with Crippen LogP contribution < -0.4 is 5.32 Å². The zero-order valence-electron chi connectivity index (χ0n) is 11.8. The highest BCUT2D eigenvalue weighted by Crippen LogP contribution is 2.22. The van der Waals surface area contributed by atoms with Crippen molar-refractivity contribution in [1.29, 1.82) is 0 Å². The van der Waals surface area contributed by atoms with Crippen molar-refractivity contribution in [3.63, 3.8) is 0 Å². The van der Waals surface area contributed by atoms with Crippen LogP contribution in [-0.2, 0) is 0 Å². The molecule has 0 radical (unpaired) electrons. The van der Waals surface area contributed by atoms with E-state index in [0.29, 0.717) is 17.9 Å². The highest BCUT2D eigenvalue weighted by Gasteiger charge is 2.19. The molecule has 2 nitrogen and oxygen atoms in total. The summed E-state index contributed by atoms with van der Waals surface area (Å²) in [6, 6.07) is 11.2. The van der Waals surface area contributed by atoms with Gasteiger partial charge in [-0.2, -0.15) is 0 Å². The smallest absolute Gasteiger partial charge is 0.0494 e. The molecule has 0 bridgehead atoms.